The number of halogens is 1. The molecule has 1 aliphatic heterocycles. The lowest BCUT2D eigenvalue weighted by atomic mass is 9.91. The van der Waals surface area contributed by atoms with E-state index >= 15 is 0 Å². The van der Waals surface area contributed by atoms with Crippen LogP contribution in [0.25, 0.3) is 11.4 Å². The summed E-state index contributed by atoms with van der Waals surface area (Å²) in [6.45, 7) is 7.71. The third-order valence-corrected chi connectivity index (χ3v) is 4.67. The molecule has 0 spiro atoms. The Morgan fingerprint density at radius 3 is 2.72 bits per heavy atom. The highest BCUT2D eigenvalue weighted by Gasteiger charge is 2.25. The number of hydrogen-bond donors (Lipinski definition) is 0. The molecular weight excluding hydrogens is 321 g/mol. The average Bonchev–Trinajstić information content (AvgIpc) is 3.03. The quantitative estimate of drug-likeness (QED) is 0.849. The van der Waals surface area contributed by atoms with Gasteiger partial charge in [0.25, 0.3) is 0 Å². The molecule has 5 nitrogen and oxygen atoms in total. The second kappa shape index (κ2) is 7.33. The van der Waals surface area contributed by atoms with Crippen LogP contribution in [0.3, 0.4) is 0 Å². The lowest BCUT2D eigenvalue weighted by molar-refractivity contribution is -0.133. The Labute approximate surface area is 147 Å². The number of hydrogen-bond acceptors (Lipinski definition) is 4. The first-order valence-corrected chi connectivity index (χ1v) is 8.79. The molecule has 6 heteroatoms. The number of amides is 1. The van der Waals surface area contributed by atoms with Gasteiger partial charge in [0.1, 0.15) is 5.82 Å². The molecule has 0 aliphatic carbocycles. The van der Waals surface area contributed by atoms with Crippen molar-refractivity contribution in [1.82, 2.24) is 15.0 Å². The van der Waals surface area contributed by atoms with E-state index in [2.05, 4.69) is 24.0 Å². The zero-order valence-corrected chi connectivity index (χ0v) is 15.0. The van der Waals surface area contributed by atoms with Gasteiger partial charge in [-0.2, -0.15) is 4.98 Å². The summed E-state index contributed by atoms with van der Waals surface area (Å²) in [6.07, 6.45) is 1.92. The number of carbonyl (C=O) groups is 1. The van der Waals surface area contributed by atoms with Crippen molar-refractivity contribution in [2.24, 2.45) is 11.8 Å². The first-order valence-electron chi connectivity index (χ1n) is 8.79. The second-order valence-electron chi connectivity index (χ2n) is 7.22. The fourth-order valence-corrected chi connectivity index (χ4v) is 3.44. The van der Waals surface area contributed by atoms with Crippen molar-refractivity contribution in [2.45, 2.75) is 40.0 Å². The predicted octanol–water partition coefficient (Wildman–Crippen LogP) is 3.62. The maximum Gasteiger partial charge on any atom is 0.227 e. The minimum atomic E-state index is -0.299. The molecule has 1 aromatic heterocycles. The molecule has 2 atom stereocenters. The minimum absolute atomic E-state index is 0.125. The number of carbonyl (C=O) groups excluding carboxylic acids is 1. The summed E-state index contributed by atoms with van der Waals surface area (Å²) in [5.41, 5.74) is 1.14. The van der Waals surface area contributed by atoms with Crippen molar-refractivity contribution in [2.75, 3.05) is 13.1 Å². The highest BCUT2D eigenvalue weighted by Crippen LogP contribution is 2.22. The highest BCUT2D eigenvalue weighted by atomic mass is 19.1. The van der Waals surface area contributed by atoms with Crippen LogP contribution in [0.15, 0.2) is 22.7 Å². The van der Waals surface area contributed by atoms with E-state index in [9.17, 15) is 9.18 Å². The van der Waals surface area contributed by atoms with Crippen molar-refractivity contribution >= 4 is 5.91 Å². The van der Waals surface area contributed by atoms with Crippen LogP contribution in [0, 0.1) is 24.6 Å². The Morgan fingerprint density at radius 2 is 2.04 bits per heavy atom. The second-order valence-corrected chi connectivity index (χ2v) is 7.22. The third kappa shape index (κ3) is 4.24. The van der Waals surface area contributed by atoms with Crippen molar-refractivity contribution in [3.05, 3.63) is 35.5 Å². The van der Waals surface area contributed by atoms with E-state index in [0.717, 1.165) is 13.1 Å². The monoisotopic (exact) mass is 345 g/mol. The zero-order chi connectivity index (χ0) is 18.0. The first-order chi connectivity index (χ1) is 11.9. The van der Waals surface area contributed by atoms with Crippen LogP contribution in [0.4, 0.5) is 4.39 Å². The number of aromatic nitrogens is 2. The van der Waals surface area contributed by atoms with Gasteiger partial charge < -0.3 is 9.42 Å². The van der Waals surface area contributed by atoms with Gasteiger partial charge in [-0.25, -0.2) is 4.39 Å². The Kier molecular flexibility index (Phi) is 5.16. The Morgan fingerprint density at radius 1 is 1.32 bits per heavy atom. The van der Waals surface area contributed by atoms with Crippen LogP contribution < -0.4 is 0 Å². The molecule has 134 valence electrons. The van der Waals surface area contributed by atoms with E-state index in [1.54, 1.807) is 19.1 Å². The Hall–Kier alpha value is -2.24. The van der Waals surface area contributed by atoms with Gasteiger partial charge in [-0.1, -0.05) is 31.1 Å². The number of aryl methyl sites for hydroxylation is 2. The standard InChI is InChI=1S/C19H24FN3O2/c1-12-8-13(2)11-23(10-12)18(24)7-6-17-21-19(22-25-17)15-5-4-14(3)16(20)9-15/h4-5,9,12-13H,6-8,10-11H2,1-3H3. The first kappa shape index (κ1) is 17.6. The van der Waals surface area contributed by atoms with E-state index in [1.807, 2.05) is 4.90 Å². The summed E-state index contributed by atoms with van der Waals surface area (Å²) < 4.78 is 18.9. The van der Waals surface area contributed by atoms with Crippen LogP contribution in [-0.4, -0.2) is 34.0 Å². The van der Waals surface area contributed by atoms with Crippen LogP contribution in [0.5, 0.6) is 0 Å². The number of rotatable bonds is 4. The van der Waals surface area contributed by atoms with E-state index in [0.29, 0.717) is 47.5 Å². The lowest BCUT2D eigenvalue weighted by Gasteiger charge is -2.35. The van der Waals surface area contributed by atoms with E-state index < -0.39 is 0 Å². The smallest absolute Gasteiger partial charge is 0.227 e. The van der Waals surface area contributed by atoms with Crippen LogP contribution in [0.2, 0.25) is 0 Å². The van der Waals surface area contributed by atoms with Gasteiger partial charge in [0.15, 0.2) is 0 Å². The summed E-state index contributed by atoms with van der Waals surface area (Å²) in [5.74, 6) is 1.66. The molecule has 2 aromatic rings. The van der Waals surface area contributed by atoms with Gasteiger partial charge in [-0.15, -0.1) is 0 Å². The zero-order valence-electron chi connectivity index (χ0n) is 15.0. The molecule has 0 bridgehead atoms. The fraction of sp³-hybridized carbons (Fsp3) is 0.526. The van der Waals surface area contributed by atoms with Crippen LogP contribution in [0.1, 0.15) is 38.1 Å². The van der Waals surface area contributed by atoms with Crippen molar-refractivity contribution in [3.8, 4) is 11.4 Å². The van der Waals surface area contributed by atoms with Gasteiger partial charge in [0.2, 0.25) is 17.6 Å². The molecule has 1 fully saturated rings. The number of nitrogens with zero attached hydrogens (tertiary/aromatic N) is 3. The summed E-state index contributed by atoms with van der Waals surface area (Å²) >= 11 is 0. The van der Waals surface area contributed by atoms with Gasteiger partial charge in [-0.05, 0) is 36.8 Å². The number of likely N-dealkylation sites (tertiary alicyclic amines) is 1. The average molecular weight is 345 g/mol. The van der Waals surface area contributed by atoms with Crippen molar-refractivity contribution < 1.29 is 13.7 Å². The molecule has 0 N–H and O–H groups in total. The Bertz CT molecular complexity index is 749. The predicted molar refractivity (Wildman–Crippen MR) is 92.3 cm³/mol. The molecule has 2 unspecified atom stereocenters. The van der Waals surface area contributed by atoms with Crippen LogP contribution >= 0.6 is 0 Å². The normalized spacial score (nSPS) is 20.7. The molecule has 2 heterocycles. The molecule has 0 radical (unpaired) electrons. The van der Waals surface area contributed by atoms with Gasteiger partial charge in [-0.3, -0.25) is 4.79 Å². The summed E-state index contributed by atoms with van der Waals surface area (Å²) in [5, 5.41) is 3.89. The van der Waals surface area contributed by atoms with Gasteiger partial charge in [0.05, 0.1) is 0 Å². The fourth-order valence-electron chi connectivity index (χ4n) is 3.44. The number of benzene rings is 1. The minimum Gasteiger partial charge on any atom is -0.342 e. The Balaban J connectivity index is 1.60. The van der Waals surface area contributed by atoms with Crippen LogP contribution in [-0.2, 0) is 11.2 Å². The van der Waals surface area contributed by atoms with E-state index in [4.69, 9.17) is 4.52 Å². The highest BCUT2D eigenvalue weighted by molar-refractivity contribution is 5.76. The maximum absolute atomic E-state index is 13.7. The summed E-state index contributed by atoms with van der Waals surface area (Å²) in [6, 6.07) is 4.84. The maximum atomic E-state index is 13.7. The SMILES string of the molecule is Cc1ccc(-c2noc(CCC(=O)N3CC(C)CC(C)C3)n2)cc1F. The molecular formula is C19H24FN3O2. The molecule has 1 aromatic carbocycles. The molecule has 1 aliphatic rings. The third-order valence-electron chi connectivity index (χ3n) is 4.67. The van der Waals surface area contributed by atoms with Gasteiger partial charge in [0, 0.05) is 31.5 Å². The van der Waals surface area contributed by atoms with E-state index in [-0.39, 0.29) is 11.7 Å². The largest absolute Gasteiger partial charge is 0.342 e. The number of piperidine rings is 1. The topological polar surface area (TPSA) is 59.2 Å². The van der Waals surface area contributed by atoms with E-state index in [1.165, 1.54) is 12.5 Å². The summed E-state index contributed by atoms with van der Waals surface area (Å²) in [4.78, 5) is 18.6. The molecule has 1 amide bonds. The molecule has 25 heavy (non-hydrogen) atoms. The van der Waals surface area contributed by atoms with Gasteiger partial charge >= 0.3 is 0 Å². The van der Waals surface area contributed by atoms with Crippen molar-refractivity contribution in [3.63, 3.8) is 0 Å². The lowest BCUT2D eigenvalue weighted by Crippen LogP contribution is -2.42. The molecule has 0 saturated carbocycles. The summed E-state index contributed by atoms with van der Waals surface area (Å²) in [7, 11) is 0. The molecule has 3 rings (SSSR count). The molecule has 1 saturated heterocycles. The van der Waals surface area contributed by atoms with Crippen molar-refractivity contribution in [1.29, 1.82) is 0 Å².